The summed E-state index contributed by atoms with van der Waals surface area (Å²) in [6, 6.07) is 7.83. The summed E-state index contributed by atoms with van der Waals surface area (Å²) < 4.78 is 5.15. The van der Waals surface area contributed by atoms with Crippen LogP contribution in [0, 0.1) is 5.41 Å². The summed E-state index contributed by atoms with van der Waals surface area (Å²) in [4.78, 5) is 2.04. The molecule has 0 bridgehead atoms. The van der Waals surface area contributed by atoms with Gasteiger partial charge in [-0.2, -0.15) is 0 Å². The van der Waals surface area contributed by atoms with Crippen molar-refractivity contribution in [1.29, 1.82) is 5.41 Å². The molecule has 0 amide bonds. The van der Waals surface area contributed by atoms with Crippen molar-refractivity contribution in [3.8, 4) is 5.75 Å². The predicted molar refractivity (Wildman–Crippen MR) is 77.3 cm³/mol. The van der Waals surface area contributed by atoms with Crippen LogP contribution >= 0.6 is 0 Å². The van der Waals surface area contributed by atoms with Crippen LogP contribution in [0.5, 0.6) is 5.75 Å². The summed E-state index contributed by atoms with van der Waals surface area (Å²) >= 11 is 0. The summed E-state index contributed by atoms with van der Waals surface area (Å²) in [5, 5.41) is 8.27. The molecule has 0 saturated heterocycles. The fourth-order valence-electron chi connectivity index (χ4n) is 1.92. The van der Waals surface area contributed by atoms with Crippen LogP contribution in [-0.4, -0.2) is 30.9 Å². The van der Waals surface area contributed by atoms with Gasteiger partial charge in [0.15, 0.2) is 0 Å². The Labute approximate surface area is 110 Å². The first-order valence-electron chi connectivity index (χ1n) is 6.32. The van der Waals surface area contributed by atoms with Gasteiger partial charge in [0.25, 0.3) is 0 Å². The van der Waals surface area contributed by atoms with E-state index in [4.69, 9.17) is 10.1 Å². The van der Waals surface area contributed by atoms with E-state index in [1.807, 2.05) is 42.2 Å². The SMILES string of the molecule is C/C=C(/C(=N)N(CC)CC)c1ccc(OC)cc1. The highest BCUT2D eigenvalue weighted by Crippen LogP contribution is 2.20. The van der Waals surface area contributed by atoms with Crippen LogP contribution in [0.4, 0.5) is 0 Å². The number of hydrogen-bond acceptors (Lipinski definition) is 2. The van der Waals surface area contributed by atoms with Crippen LogP contribution in [-0.2, 0) is 0 Å². The van der Waals surface area contributed by atoms with Gasteiger partial charge in [-0.25, -0.2) is 0 Å². The van der Waals surface area contributed by atoms with Gasteiger partial charge in [-0.15, -0.1) is 0 Å². The van der Waals surface area contributed by atoms with Crippen LogP contribution in [0.15, 0.2) is 30.3 Å². The van der Waals surface area contributed by atoms with E-state index in [0.717, 1.165) is 30.0 Å². The third-order valence-electron chi connectivity index (χ3n) is 3.02. The van der Waals surface area contributed by atoms with Gasteiger partial charge in [0.1, 0.15) is 11.6 Å². The standard InChI is InChI=1S/C15H22N2O/c1-5-14(15(16)17(6-2)7-3)12-8-10-13(18-4)11-9-12/h5,8-11,16H,6-7H2,1-4H3/b14-5+,16-15?. The number of nitrogens with zero attached hydrogens (tertiary/aromatic N) is 1. The fraction of sp³-hybridized carbons (Fsp3) is 0.400. The number of rotatable bonds is 5. The Balaban J connectivity index is 2.99. The van der Waals surface area contributed by atoms with E-state index in [-0.39, 0.29) is 0 Å². The van der Waals surface area contributed by atoms with Crippen molar-refractivity contribution in [2.45, 2.75) is 20.8 Å². The Morgan fingerprint density at radius 3 is 2.17 bits per heavy atom. The van der Waals surface area contributed by atoms with E-state index < -0.39 is 0 Å². The fourth-order valence-corrected chi connectivity index (χ4v) is 1.92. The van der Waals surface area contributed by atoms with E-state index in [9.17, 15) is 0 Å². The van der Waals surface area contributed by atoms with Crippen LogP contribution in [0.25, 0.3) is 5.57 Å². The number of amidine groups is 1. The van der Waals surface area contributed by atoms with Gasteiger partial charge in [0, 0.05) is 18.7 Å². The minimum absolute atomic E-state index is 0.577. The number of hydrogen-bond donors (Lipinski definition) is 1. The van der Waals surface area contributed by atoms with Gasteiger partial charge in [-0.05, 0) is 38.5 Å². The van der Waals surface area contributed by atoms with Gasteiger partial charge in [-0.1, -0.05) is 18.2 Å². The number of allylic oxidation sites excluding steroid dienone is 1. The summed E-state index contributed by atoms with van der Waals surface area (Å²) in [6.45, 7) is 7.81. The largest absolute Gasteiger partial charge is 0.497 e. The van der Waals surface area contributed by atoms with Gasteiger partial charge in [-0.3, -0.25) is 5.41 Å². The second-order valence-corrected chi connectivity index (χ2v) is 3.95. The number of methoxy groups -OCH3 is 1. The summed E-state index contributed by atoms with van der Waals surface area (Å²) in [5.74, 6) is 1.41. The quantitative estimate of drug-likeness (QED) is 0.638. The highest BCUT2D eigenvalue weighted by Gasteiger charge is 2.12. The minimum atomic E-state index is 0.577. The molecule has 0 radical (unpaired) electrons. The smallest absolute Gasteiger partial charge is 0.128 e. The van der Waals surface area contributed by atoms with E-state index in [1.54, 1.807) is 7.11 Å². The second-order valence-electron chi connectivity index (χ2n) is 3.95. The molecular weight excluding hydrogens is 224 g/mol. The molecule has 0 aliphatic carbocycles. The Morgan fingerprint density at radius 2 is 1.78 bits per heavy atom. The molecule has 0 aliphatic heterocycles. The van der Waals surface area contributed by atoms with Gasteiger partial charge in [0.2, 0.25) is 0 Å². The topological polar surface area (TPSA) is 36.3 Å². The molecule has 0 fully saturated rings. The zero-order chi connectivity index (χ0) is 13.5. The molecule has 1 aromatic carbocycles. The van der Waals surface area contributed by atoms with Crippen molar-refractivity contribution in [1.82, 2.24) is 4.90 Å². The van der Waals surface area contributed by atoms with Crippen molar-refractivity contribution in [2.75, 3.05) is 20.2 Å². The lowest BCUT2D eigenvalue weighted by Crippen LogP contribution is -2.30. The van der Waals surface area contributed by atoms with Gasteiger partial charge >= 0.3 is 0 Å². The Hall–Kier alpha value is -1.77. The third-order valence-corrected chi connectivity index (χ3v) is 3.02. The molecule has 1 rings (SSSR count). The van der Waals surface area contributed by atoms with Crippen molar-refractivity contribution in [2.24, 2.45) is 0 Å². The molecule has 0 atom stereocenters. The number of nitrogens with one attached hydrogen (secondary N) is 1. The van der Waals surface area contributed by atoms with Gasteiger partial charge < -0.3 is 9.64 Å². The van der Waals surface area contributed by atoms with Crippen molar-refractivity contribution >= 4 is 11.4 Å². The zero-order valence-corrected chi connectivity index (χ0v) is 11.7. The maximum absolute atomic E-state index is 8.27. The van der Waals surface area contributed by atoms with Gasteiger partial charge in [0.05, 0.1) is 7.11 Å². The second kappa shape index (κ2) is 6.84. The molecule has 0 aliphatic rings. The zero-order valence-electron chi connectivity index (χ0n) is 11.7. The van der Waals surface area contributed by atoms with Crippen molar-refractivity contribution in [3.05, 3.63) is 35.9 Å². The predicted octanol–water partition coefficient (Wildman–Crippen LogP) is 3.42. The Kier molecular flexibility index (Phi) is 5.43. The summed E-state index contributed by atoms with van der Waals surface area (Å²) in [5.41, 5.74) is 2.01. The maximum atomic E-state index is 8.27. The van der Waals surface area contributed by atoms with Crippen molar-refractivity contribution in [3.63, 3.8) is 0 Å². The lowest BCUT2D eigenvalue weighted by Gasteiger charge is -2.23. The van der Waals surface area contributed by atoms with E-state index in [2.05, 4.69) is 13.8 Å². The molecule has 3 heteroatoms. The molecule has 0 heterocycles. The normalized spacial score (nSPS) is 11.2. The van der Waals surface area contributed by atoms with Crippen LogP contribution in [0.3, 0.4) is 0 Å². The maximum Gasteiger partial charge on any atom is 0.128 e. The Bertz CT molecular complexity index is 417. The van der Waals surface area contributed by atoms with E-state index in [0.29, 0.717) is 5.84 Å². The molecule has 18 heavy (non-hydrogen) atoms. The van der Waals surface area contributed by atoms with Crippen LogP contribution in [0.2, 0.25) is 0 Å². The highest BCUT2D eigenvalue weighted by atomic mass is 16.5. The molecule has 98 valence electrons. The number of ether oxygens (including phenoxy) is 1. The molecule has 0 spiro atoms. The molecule has 3 nitrogen and oxygen atoms in total. The summed E-state index contributed by atoms with van der Waals surface area (Å²) in [6.07, 6.45) is 1.99. The van der Waals surface area contributed by atoms with Crippen LogP contribution < -0.4 is 4.74 Å². The monoisotopic (exact) mass is 246 g/mol. The molecule has 0 unspecified atom stereocenters. The van der Waals surface area contributed by atoms with Crippen molar-refractivity contribution < 1.29 is 4.74 Å². The number of benzene rings is 1. The average molecular weight is 246 g/mol. The first-order chi connectivity index (χ1) is 8.67. The Morgan fingerprint density at radius 1 is 1.22 bits per heavy atom. The lowest BCUT2D eigenvalue weighted by atomic mass is 10.0. The lowest BCUT2D eigenvalue weighted by molar-refractivity contribution is 0.415. The van der Waals surface area contributed by atoms with Crippen LogP contribution in [0.1, 0.15) is 26.3 Å². The summed E-state index contributed by atoms with van der Waals surface area (Å²) in [7, 11) is 1.66. The molecule has 1 N–H and O–H groups in total. The van der Waals surface area contributed by atoms with E-state index in [1.165, 1.54) is 0 Å². The number of likely N-dealkylation sites (N-methyl/N-ethyl adjacent to an activating group) is 1. The average Bonchev–Trinajstić information content (AvgIpc) is 2.42. The van der Waals surface area contributed by atoms with E-state index >= 15 is 0 Å². The first kappa shape index (κ1) is 14.3. The molecular formula is C15H22N2O. The first-order valence-corrected chi connectivity index (χ1v) is 6.32. The molecule has 0 aromatic heterocycles. The molecule has 0 saturated carbocycles. The highest BCUT2D eigenvalue weighted by molar-refractivity contribution is 6.20. The minimum Gasteiger partial charge on any atom is -0.497 e. The molecule has 1 aromatic rings. The third kappa shape index (κ3) is 3.13.